The van der Waals surface area contributed by atoms with Crippen LogP contribution >= 0.6 is 11.8 Å². The summed E-state index contributed by atoms with van der Waals surface area (Å²) in [5, 5.41) is 6.17. The molecule has 0 saturated carbocycles. The average molecular weight is 244 g/mol. The molecule has 1 amide bonds. The number of nitrogens with one attached hydrogen (secondary N) is 2. The molecule has 0 aromatic carbocycles. The molecule has 94 valence electrons. The second-order valence-corrected chi connectivity index (χ2v) is 6.39. The number of unbranched alkanes of at least 4 members (excludes halogenated alkanes) is 1. The van der Waals surface area contributed by atoms with E-state index in [-0.39, 0.29) is 5.91 Å². The molecule has 0 radical (unpaired) electrons. The van der Waals surface area contributed by atoms with E-state index in [9.17, 15) is 4.79 Å². The number of hydrogen-bond acceptors (Lipinski definition) is 3. The lowest BCUT2D eigenvalue weighted by atomic mass is 10.1. The summed E-state index contributed by atoms with van der Waals surface area (Å²) in [6.07, 6.45) is 4.77. The summed E-state index contributed by atoms with van der Waals surface area (Å²) in [5.74, 6) is 1.39. The maximum atomic E-state index is 11.4. The van der Waals surface area contributed by atoms with Crippen molar-refractivity contribution in [3.8, 4) is 0 Å². The van der Waals surface area contributed by atoms with Gasteiger partial charge in [-0.2, -0.15) is 11.8 Å². The van der Waals surface area contributed by atoms with Crippen LogP contribution in [0.15, 0.2) is 0 Å². The first-order chi connectivity index (χ1) is 7.66. The molecule has 0 bridgehead atoms. The van der Waals surface area contributed by atoms with Crippen molar-refractivity contribution in [2.24, 2.45) is 0 Å². The Balaban J connectivity index is 2.03. The standard InChI is InChI=1S/C12H24N2OS/c1-3-4-7-14-11(15)9-13-10-12(2)6-5-8-16-12/h13H,3-10H2,1-2H3,(H,14,15). The highest BCUT2D eigenvalue weighted by Crippen LogP contribution is 2.36. The van der Waals surface area contributed by atoms with Crippen molar-refractivity contribution in [2.45, 2.75) is 44.3 Å². The minimum atomic E-state index is 0.125. The first-order valence-corrected chi connectivity index (χ1v) is 7.26. The van der Waals surface area contributed by atoms with E-state index < -0.39 is 0 Å². The smallest absolute Gasteiger partial charge is 0.233 e. The van der Waals surface area contributed by atoms with Crippen LogP contribution in [0.5, 0.6) is 0 Å². The van der Waals surface area contributed by atoms with Gasteiger partial charge >= 0.3 is 0 Å². The van der Waals surface area contributed by atoms with Crippen LogP contribution < -0.4 is 10.6 Å². The highest BCUT2D eigenvalue weighted by molar-refractivity contribution is 8.00. The maximum Gasteiger partial charge on any atom is 0.233 e. The largest absolute Gasteiger partial charge is 0.355 e. The van der Waals surface area contributed by atoms with Gasteiger partial charge in [0.15, 0.2) is 0 Å². The number of thioether (sulfide) groups is 1. The van der Waals surface area contributed by atoms with E-state index in [1.54, 1.807) is 0 Å². The van der Waals surface area contributed by atoms with E-state index in [1.807, 2.05) is 11.8 Å². The van der Waals surface area contributed by atoms with Gasteiger partial charge in [0.1, 0.15) is 0 Å². The topological polar surface area (TPSA) is 41.1 Å². The molecule has 1 atom stereocenters. The Bertz CT molecular complexity index is 215. The van der Waals surface area contributed by atoms with Crippen LogP contribution in [0, 0.1) is 0 Å². The molecule has 1 heterocycles. The summed E-state index contributed by atoms with van der Waals surface area (Å²) in [5.41, 5.74) is 0. The van der Waals surface area contributed by atoms with Crippen LogP contribution in [0.25, 0.3) is 0 Å². The highest BCUT2D eigenvalue weighted by atomic mass is 32.2. The molecule has 1 aliphatic rings. The monoisotopic (exact) mass is 244 g/mol. The van der Waals surface area contributed by atoms with Crippen LogP contribution in [-0.4, -0.2) is 36.0 Å². The Morgan fingerprint density at radius 1 is 1.50 bits per heavy atom. The molecule has 2 N–H and O–H groups in total. The molecule has 1 fully saturated rings. The summed E-state index contributed by atoms with van der Waals surface area (Å²) in [6, 6.07) is 0. The third-order valence-electron chi connectivity index (χ3n) is 2.94. The maximum absolute atomic E-state index is 11.4. The van der Waals surface area contributed by atoms with Gasteiger partial charge < -0.3 is 10.6 Å². The molecule has 16 heavy (non-hydrogen) atoms. The Morgan fingerprint density at radius 2 is 2.31 bits per heavy atom. The number of hydrogen-bond donors (Lipinski definition) is 2. The predicted octanol–water partition coefficient (Wildman–Crippen LogP) is 1.78. The zero-order chi connectivity index (χ0) is 11.9. The Morgan fingerprint density at radius 3 is 2.94 bits per heavy atom. The van der Waals surface area contributed by atoms with Crippen molar-refractivity contribution < 1.29 is 4.79 Å². The fourth-order valence-electron chi connectivity index (χ4n) is 1.88. The van der Waals surface area contributed by atoms with E-state index >= 15 is 0 Å². The third-order valence-corrected chi connectivity index (χ3v) is 4.48. The van der Waals surface area contributed by atoms with Gasteiger partial charge in [0.25, 0.3) is 0 Å². The van der Waals surface area contributed by atoms with Gasteiger partial charge in [-0.25, -0.2) is 0 Å². The van der Waals surface area contributed by atoms with Crippen LogP contribution in [0.1, 0.15) is 39.5 Å². The number of carbonyl (C=O) groups is 1. The number of rotatable bonds is 7. The van der Waals surface area contributed by atoms with Crippen LogP contribution in [0.2, 0.25) is 0 Å². The SMILES string of the molecule is CCCCNC(=O)CNCC1(C)CCCS1. The summed E-state index contributed by atoms with van der Waals surface area (Å²) < 4.78 is 0.351. The molecule has 0 aromatic heterocycles. The Kier molecular flexibility index (Phi) is 6.21. The zero-order valence-electron chi connectivity index (χ0n) is 10.5. The second kappa shape index (κ2) is 7.17. The fourth-order valence-corrected chi connectivity index (χ4v) is 3.16. The lowest BCUT2D eigenvalue weighted by Gasteiger charge is -2.22. The summed E-state index contributed by atoms with van der Waals surface area (Å²) in [7, 11) is 0. The molecule has 1 unspecified atom stereocenters. The first-order valence-electron chi connectivity index (χ1n) is 6.28. The number of amides is 1. The minimum absolute atomic E-state index is 0.125. The zero-order valence-corrected chi connectivity index (χ0v) is 11.3. The van der Waals surface area contributed by atoms with E-state index in [4.69, 9.17) is 0 Å². The Hall–Kier alpha value is -0.220. The van der Waals surface area contributed by atoms with Gasteiger partial charge in [-0.3, -0.25) is 4.79 Å². The van der Waals surface area contributed by atoms with Crippen LogP contribution in [0.3, 0.4) is 0 Å². The molecular weight excluding hydrogens is 220 g/mol. The van der Waals surface area contributed by atoms with Gasteiger partial charge in [-0.15, -0.1) is 0 Å². The molecule has 1 rings (SSSR count). The summed E-state index contributed by atoms with van der Waals surface area (Å²) >= 11 is 2.02. The van der Waals surface area contributed by atoms with Crippen molar-refractivity contribution >= 4 is 17.7 Å². The quantitative estimate of drug-likeness (QED) is 0.671. The fraction of sp³-hybridized carbons (Fsp3) is 0.917. The molecule has 0 aliphatic carbocycles. The van der Waals surface area contributed by atoms with Crippen LogP contribution in [-0.2, 0) is 4.79 Å². The molecule has 3 nitrogen and oxygen atoms in total. The van der Waals surface area contributed by atoms with Gasteiger partial charge in [-0.05, 0) is 31.9 Å². The average Bonchev–Trinajstić information content (AvgIpc) is 2.66. The molecule has 0 aromatic rings. The normalized spacial score (nSPS) is 24.6. The minimum Gasteiger partial charge on any atom is -0.355 e. The van der Waals surface area contributed by atoms with Crippen molar-refractivity contribution in [3.05, 3.63) is 0 Å². The van der Waals surface area contributed by atoms with Gasteiger partial charge in [-0.1, -0.05) is 13.3 Å². The van der Waals surface area contributed by atoms with Gasteiger partial charge in [0, 0.05) is 17.8 Å². The molecule has 4 heteroatoms. The summed E-state index contributed by atoms with van der Waals surface area (Å²) in [4.78, 5) is 11.4. The molecule has 1 aliphatic heterocycles. The number of carbonyl (C=O) groups excluding carboxylic acids is 1. The molecular formula is C12H24N2OS. The molecule has 1 saturated heterocycles. The summed E-state index contributed by atoms with van der Waals surface area (Å²) in [6.45, 7) is 6.62. The molecule has 0 spiro atoms. The van der Waals surface area contributed by atoms with E-state index in [2.05, 4.69) is 24.5 Å². The Labute approximate surface area is 103 Å². The lowest BCUT2D eigenvalue weighted by molar-refractivity contribution is -0.120. The van der Waals surface area contributed by atoms with Gasteiger partial charge in [0.2, 0.25) is 5.91 Å². The van der Waals surface area contributed by atoms with Crippen molar-refractivity contribution in [3.63, 3.8) is 0 Å². The van der Waals surface area contributed by atoms with Crippen molar-refractivity contribution in [1.29, 1.82) is 0 Å². The van der Waals surface area contributed by atoms with Crippen molar-refractivity contribution in [2.75, 3.05) is 25.4 Å². The highest BCUT2D eigenvalue weighted by Gasteiger charge is 2.28. The van der Waals surface area contributed by atoms with Crippen LogP contribution in [0.4, 0.5) is 0 Å². The predicted molar refractivity (Wildman–Crippen MR) is 70.9 cm³/mol. The van der Waals surface area contributed by atoms with E-state index in [0.29, 0.717) is 11.3 Å². The van der Waals surface area contributed by atoms with Crippen molar-refractivity contribution in [1.82, 2.24) is 10.6 Å². The lowest BCUT2D eigenvalue weighted by Crippen LogP contribution is -2.40. The third kappa shape index (κ3) is 5.21. The second-order valence-electron chi connectivity index (χ2n) is 4.71. The first kappa shape index (κ1) is 13.8. The van der Waals surface area contributed by atoms with E-state index in [1.165, 1.54) is 18.6 Å². The van der Waals surface area contributed by atoms with Gasteiger partial charge in [0.05, 0.1) is 6.54 Å². The van der Waals surface area contributed by atoms with E-state index in [0.717, 1.165) is 25.9 Å².